The summed E-state index contributed by atoms with van der Waals surface area (Å²) < 4.78 is 1.85. The molecule has 1 aliphatic heterocycles. The zero-order valence-electron chi connectivity index (χ0n) is 25.0. The van der Waals surface area contributed by atoms with Crippen LogP contribution in [0, 0.1) is 0 Å². The van der Waals surface area contributed by atoms with Crippen LogP contribution < -0.4 is 16.0 Å². The first-order valence-corrected chi connectivity index (χ1v) is 15.2. The van der Waals surface area contributed by atoms with Gasteiger partial charge in [0.1, 0.15) is 18.2 Å². The summed E-state index contributed by atoms with van der Waals surface area (Å²) >= 11 is 0. The quantitative estimate of drug-likeness (QED) is 0.188. The molecule has 45 heavy (non-hydrogen) atoms. The van der Waals surface area contributed by atoms with Gasteiger partial charge in [-0.15, -0.1) is 22.6 Å². The number of nitrogens with zero attached hydrogens (tertiary/aromatic N) is 9. The maximum absolute atomic E-state index is 11.2. The molecule has 0 bridgehead atoms. The molecule has 2 fully saturated rings. The highest BCUT2D eigenvalue weighted by molar-refractivity contribution is 5.85. The molecule has 7 rings (SSSR count). The lowest BCUT2D eigenvalue weighted by molar-refractivity contribution is 0.00473. The molecular weight excluding hydrogens is 594 g/mol. The minimum absolute atomic E-state index is 0. The number of hydrogen-bond acceptors (Lipinski definition) is 11. The van der Waals surface area contributed by atoms with Gasteiger partial charge in [-0.2, -0.15) is 14.8 Å². The highest BCUT2D eigenvalue weighted by atomic mass is 35.5. The Morgan fingerprint density at radius 2 is 1.67 bits per heavy atom. The fourth-order valence-corrected chi connectivity index (χ4v) is 6.41. The zero-order chi connectivity index (χ0) is 30.2. The Morgan fingerprint density at radius 3 is 2.29 bits per heavy atom. The molecule has 1 aliphatic carbocycles. The fourth-order valence-electron chi connectivity index (χ4n) is 6.41. The fraction of sp³-hybridized carbons (Fsp3) is 0.419. The van der Waals surface area contributed by atoms with Crippen LogP contribution in [0.4, 0.5) is 11.8 Å². The van der Waals surface area contributed by atoms with E-state index < -0.39 is 24.3 Å². The van der Waals surface area contributed by atoms with Crippen LogP contribution in [0.3, 0.4) is 0 Å². The molecule has 0 radical (unpaired) electrons. The first-order valence-electron chi connectivity index (χ1n) is 15.2. The van der Waals surface area contributed by atoms with Crippen molar-refractivity contribution in [2.45, 2.75) is 62.4 Å². The number of nitrogens with one attached hydrogen (secondary N) is 1. The number of aryl methyl sites for hydroxylation is 1. The van der Waals surface area contributed by atoms with Crippen molar-refractivity contribution >= 4 is 35.3 Å². The molecule has 0 amide bonds. The van der Waals surface area contributed by atoms with Crippen LogP contribution in [0.2, 0.25) is 0 Å². The van der Waals surface area contributed by atoms with Crippen molar-refractivity contribution in [2.75, 3.05) is 29.9 Å². The molecule has 2 aliphatic rings. The van der Waals surface area contributed by atoms with Crippen molar-refractivity contribution < 1.29 is 10.2 Å². The normalized spacial score (nSPS) is 23.1. The van der Waals surface area contributed by atoms with Gasteiger partial charge in [-0.25, -0.2) is 4.98 Å². The second-order valence-corrected chi connectivity index (χ2v) is 11.7. The SMILES string of the molecule is CCc1nnn([C@H]2C[C@@H](n3cnc4c(NCC(c5ccccc5)c5ccccc5)nc(N5CC[C@@H](N)C5)nc43)[C@H](O)[C@@H]2O)n1.Cl. The van der Waals surface area contributed by atoms with Crippen molar-refractivity contribution in [3.63, 3.8) is 0 Å². The first kappa shape index (κ1) is 30.8. The largest absolute Gasteiger partial charge is 0.388 e. The van der Waals surface area contributed by atoms with E-state index in [1.807, 2.05) is 23.6 Å². The van der Waals surface area contributed by atoms with Crippen molar-refractivity contribution in [3.8, 4) is 0 Å². The Bertz CT molecular complexity index is 1680. The molecule has 5 atom stereocenters. The van der Waals surface area contributed by atoms with Crippen LogP contribution in [-0.4, -0.2) is 87.8 Å². The van der Waals surface area contributed by atoms with Gasteiger partial charge in [-0.05, 0) is 29.2 Å². The van der Waals surface area contributed by atoms with E-state index in [0.717, 1.165) is 13.0 Å². The van der Waals surface area contributed by atoms with E-state index in [0.29, 0.717) is 54.7 Å². The molecule has 14 heteroatoms. The van der Waals surface area contributed by atoms with Crippen LogP contribution in [0.15, 0.2) is 67.0 Å². The summed E-state index contributed by atoms with van der Waals surface area (Å²) in [5.74, 6) is 1.82. The average Bonchev–Trinajstić information content (AvgIpc) is 3.86. The maximum Gasteiger partial charge on any atom is 0.229 e. The van der Waals surface area contributed by atoms with Crippen LogP contribution in [-0.2, 0) is 6.42 Å². The molecule has 5 aromatic rings. The van der Waals surface area contributed by atoms with Gasteiger partial charge in [-0.1, -0.05) is 67.6 Å². The highest BCUT2D eigenvalue weighted by Crippen LogP contribution is 2.40. The van der Waals surface area contributed by atoms with Gasteiger partial charge < -0.3 is 30.7 Å². The molecular formula is C31H38ClN11O2. The Morgan fingerprint density at radius 1 is 0.978 bits per heavy atom. The lowest BCUT2D eigenvalue weighted by Gasteiger charge is -2.22. The van der Waals surface area contributed by atoms with Crippen molar-refractivity contribution in [1.82, 2.24) is 39.7 Å². The third kappa shape index (κ3) is 5.96. The number of aliphatic hydroxyl groups is 2. The predicted molar refractivity (Wildman–Crippen MR) is 172 cm³/mol. The van der Waals surface area contributed by atoms with E-state index >= 15 is 0 Å². The summed E-state index contributed by atoms with van der Waals surface area (Å²) in [7, 11) is 0. The van der Waals surface area contributed by atoms with Gasteiger partial charge in [0.25, 0.3) is 0 Å². The monoisotopic (exact) mass is 631 g/mol. The van der Waals surface area contributed by atoms with Gasteiger partial charge in [0.05, 0.1) is 12.4 Å². The Labute approximate surface area is 266 Å². The average molecular weight is 632 g/mol. The number of rotatable bonds is 9. The molecule has 13 nitrogen and oxygen atoms in total. The number of benzene rings is 2. The summed E-state index contributed by atoms with van der Waals surface area (Å²) in [5, 5.41) is 38.4. The number of tetrazole rings is 1. The summed E-state index contributed by atoms with van der Waals surface area (Å²) in [5.41, 5.74) is 9.80. The number of aromatic nitrogens is 8. The van der Waals surface area contributed by atoms with E-state index in [1.54, 1.807) is 6.33 Å². The molecule has 236 valence electrons. The Balaban J connectivity index is 0.00000357. The van der Waals surface area contributed by atoms with Gasteiger partial charge in [0.15, 0.2) is 22.8 Å². The van der Waals surface area contributed by atoms with Crippen LogP contribution in [0.5, 0.6) is 0 Å². The molecule has 0 spiro atoms. The van der Waals surface area contributed by atoms with E-state index in [1.165, 1.54) is 15.9 Å². The number of aliphatic hydroxyl groups excluding tert-OH is 2. The Hall–Kier alpha value is -4.17. The summed E-state index contributed by atoms with van der Waals surface area (Å²) in [6.07, 6.45) is 1.38. The molecule has 2 aromatic carbocycles. The van der Waals surface area contributed by atoms with E-state index in [2.05, 4.69) is 74.2 Å². The number of imidazole rings is 1. The van der Waals surface area contributed by atoms with Gasteiger partial charge >= 0.3 is 0 Å². The van der Waals surface area contributed by atoms with Crippen LogP contribution in [0.25, 0.3) is 11.2 Å². The second-order valence-electron chi connectivity index (χ2n) is 11.7. The molecule has 0 unspecified atom stereocenters. The third-order valence-corrected chi connectivity index (χ3v) is 8.86. The lowest BCUT2D eigenvalue weighted by Crippen LogP contribution is -2.31. The minimum Gasteiger partial charge on any atom is -0.388 e. The highest BCUT2D eigenvalue weighted by Gasteiger charge is 2.45. The van der Waals surface area contributed by atoms with Crippen LogP contribution in [0.1, 0.15) is 54.7 Å². The number of fused-ring (bicyclic) bond motifs is 1. The molecule has 5 N–H and O–H groups in total. The Kier molecular flexibility index (Phi) is 8.95. The molecule has 4 heterocycles. The van der Waals surface area contributed by atoms with Crippen molar-refractivity contribution in [1.29, 1.82) is 0 Å². The standard InChI is InChI=1S/C31H37N11O2.ClH/c1-2-25-37-39-42(38-25)24-15-23(27(43)28(24)44)41-18-34-26-29(35-31(36-30(26)41)40-14-13-21(32)17-40)33-16-22(19-9-5-3-6-10-19)20-11-7-4-8-12-20;/h3-12,18,21-24,27-28,43-44H,2,13-17,32H2,1H3,(H,33,35,36);1H/t21-,23-,24+,27+,28-;/m1./s1. The molecule has 1 saturated heterocycles. The second kappa shape index (κ2) is 13.1. The maximum atomic E-state index is 11.2. The predicted octanol–water partition coefficient (Wildman–Crippen LogP) is 2.49. The number of anilines is 2. The van der Waals surface area contributed by atoms with E-state index in [9.17, 15) is 10.2 Å². The van der Waals surface area contributed by atoms with Crippen molar-refractivity contribution in [3.05, 3.63) is 83.9 Å². The number of nitrogens with two attached hydrogens (primary N) is 1. The number of hydrogen-bond donors (Lipinski definition) is 4. The van der Waals surface area contributed by atoms with E-state index in [4.69, 9.17) is 20.7 Å². The zero-order valence-corrected chi connectivity index (χ0v) is 25.8. The van der Waals surface area contributed by atoms with Gasteiger partial charge in [-0.3, -0.25) is 0 Å². The molecule has 1 saturated carbocycles. The molecule has 3 aromatic heterocycles. The van der Waals surface area contributed by atoms with E-state index in [-0.39, 0.29) is 24.4 Å². The smallest absolute Gasteiger partial charge is 0.229 e. The summed E-state index contributed by atoms with van der Waals surface area (Å²) in [4.78, 5) is 18.1. The first-order chi connectivity index (χ1) is 21.5. The van der Waals surface area contributed by atoms with Gasteiger partial charge in [0, 0.05) is 38.0 Å². The third-order valence-electron chi connectivity index (χ3n) is 8.86. The number of halogens is 1. The van der Waals surface area contributed by atoms with Gasteiger partial charge in [0.2, 0.25) is 5.95 Å². The minimum atomic E-state index is -1.08. The summed E-state index contributed by atoms with van der Waals surface area (Å²) in [6, 6.07) is 19.8. The van der Waals surface area contributed by atoms with Crippen molar-refractivity contribution in [2.24, 2.45) is 5.73 Å². The topological polar surface area (TPSA) is 169 Å². The lowest BCUT2D eigenvalue weighted by atomic mass is 9.91. The summed E-state index contributed by atoms with van der Waals surface area (Å²) in [6.45, 7) is 3.93. The van der Waals surface area contributed by atoms with Crippen LogP contribution >= 0.6 is 12.4 Å².